The SMILES string of the molecule is CN=Cc1cccc(-c2ccc3c(n2)N(C(=O)Nc2ccc4c(cnn4C)c2)[C@H]2CCN3C2)c1. The average Bonchev–Trinajstić information content (AvgIpc) is 3.43. The quantitative estimate of drug-likeness (QED) is 0.471. The van der Waals surface area contributed by atoms with E-state index in [9.17, 15) is 4.79 Å². The molecule has 4 aromatic rings. The number of carbonyl (C=O) groups excluding carboxylic acids is 1. The van der Waals surface area contributed by atoms with Crippen molar-refractivity contribution in [2.75, 3.05) is 35.3 Å². The summed E-state index contributed by atoms with van der Waals surface area (Å²) in [6.07, 6.45) is 4.55. The number of urea groups is 1. The van der Waals surface area contributed by atoms with Crippen molar-refractivity contribution in [3.63, 3.8) is 0 Å². The molecule has 0 saturated carbocycles. The number of nitrogens with one attached hydrogen (secondary N) is 1. The molecule has 2 aromatic carbocycles. The molecule has 0 radical (unpaired) electrons. The summed E-state index contributed by atoms with van der Waals surface area (Å²) < 4.78 is 1.82. The predicted octanol–water partition coefficient (Wildman–Crippen LogP) is 4.31. The second-order valence-corrected chi connectivity index (χ2v) is 8.78. The van der Waals surface area contributed by atoms with Gasteiger partial charge in [0.05, 0.1) is 29.1 Å². The Morgan fingerprint density at radius 3 is 2.97 bits per heavy atom. The van der Waals surface area contributed by atoms with Crippen LogP contribution in [-0.4, -0.2) is 53.2 Å². The van der Waals surface area contributed by atoms with Crippen LogP contribution in [0.4, 0.5) is 22.0 Å². The highest BCUT2D eigenvalue weighted by Crippen LogP contribution is 2.40. The zero-order valence-corrected chi connectivity index (χ0v) is 19.1. The Bertz CT molecular complexity index is 1440. The number of rotatable bonds is 3. The maximum Gasteiger partial charge on any atom is 0.327 e. The Morgan fingerprint density at radius 1 is 1.18 bits per heavy atom. The fourth-order valence-corrected chi connectivity index (χ4v) is 4.98. The first kappa shape index (κ1) is 20.4. The molecule has 2 aliphatic rings. The molecule has 2 amide bonds. The van der Waals surface area contributed by atoms with Crippen LogP contribution in [0, 0.1) is 0 Å². The van der Waals surface area contributed by atoms with Crippen LogP contribution in [0.1, 0.15) is 12.0 Å². The van der Waals surface area contributed by atoms with Crippen LogP contribution in [0.2, 0.25) is 0 Å². The molecule has 8 heteroatoms. The van der Waals surface area contributed by atoms with Crippen molar-refractivity contribution >= 4 is 40.3 Å². The number of carbonyl (C=O) groups is 1. The summed E-state index contributed by atoms with van der Waals surface area (Å²) in [7, 11) is 3.67. The second-order valence-electron chi connectivity index (χ2n) is 8.78. The van der Waals surface area contributed by atoms with E-state index in [1.807, 2.05) is 65.3 Å². The van der Waals surface area contributed by atoms with Gasteiger partial charge in [0.25, 0.3) is 0 Å². The van der Waals surface area contributed by atoms with E-state index in [0.717, 1.165) is 58.6 Å². The third kappa shape index (κ3) is 3.39. The zero-order valence-electron chi connectivity index (χ0n) is 19.1. The van der Waals surface area contributed by atoms with Crippen LogP contribution < -0.4 is 15.1 Å². The van der Waals surface area contributed by atoms with Crippen molar-refractivity contribution in [1.82, 2.24) is 14.8 Å². The van der Waals surface area contributed by atoms with Gasteiger partial charge in [-0.15, -0.1) is 0 Å². The van der Waals surface area contributed by atoms with E-state index >= 15 is 0 Å². The predicted molar refractivity (Wildman–Crippen MR) is 136 cm³/mol. The minimum Gasteiger partial charge on any atom is -0.366 e. The molecular formula is C26H25N7O. The Morgan fingerprint density at radius 2 is 2.09 bits per heavy atom. The molecule has 0 aliphatic carbocycles. The summed E-state index contributed by atoms with van der Waals surface area (Å²) in [5.74, 6) is 0.709. The first-order valence-electron chi connectivity index (χ1n) is 11.4. The standard InChI is InChI=1S/C26H25N7O/c1-27-14-17-4-3-5-18(12-17)22-7-9-24-25(30-22)33(21-10-11-32(24)16-21)26(34)29-20-6-8-23-19(13-20)15-28-31(23)2/h3-9,12-15,21H,10-11,16H2,1-2H3,(H,29,34)/t21-/m0/s1. The number of pyridine rings is 1. The number of hydrogen-bond donors (Lipinski definition) is 1. The van der Waals surface area contributed by atoms with Crippen molar-refractivity contribution in [2.24, 2.45) is 12.0 Å². The number of aliphatic imine (C=N–C) groups is 1. The largest absolute Gasteiger partial charge is 0.366 e. The number of fused-ring (bicyclic) bond motifs is 5. The lowest BCUT2D eigenvalue weighted by Gasteiger charge is -2.36. The number of aryl methyl sites for hydroxylation is 1. The molecule has 0 spiro atoms. The van der Waals surface area contributed by atoms with E-state index in [1.54, 1.807) is 13.2 Å². The first-order chi connectivity index (χ1) is 16.6. The van der Waals surface area contributed by atoms with Crippen LogP contribution >= 0.6 is 0 Å². The number of amides is 2. The summed E-state index contributed by atoms with van der Waals surface area (Å²) in [5.41, 5.74) is 5.62. The zero-order chi connectivity index (χ0) is 23.2. The van der Waals surface area contributed by atoms with Gasteiger partial charge in [0.1, 0.15) is 0 Å². The molecule has 1 fully saturated rings. The Balaban J connectivity index is 1.36. The summed E-state index contributed by atoms with van der Waals surface area (Å²) >= 11 is 0. The minimum atomic E-state index is -0.160. The van der Waals surface area contributed by atoms with Gasteiger partial charge in [-0.25, -0.2) is 9.78 Å². The van der Waals surface area contributed by atoms with Gasteiger partial charge in [0.2, 0.25) is 0 Å². The highest BCUT2D eigenvalue weighted by Gasteiger charge is 2.40. The lowest BCUT2D eigenvalue weighted by molar-refractivity contribution is 0.255. The van der Waals surface area contributed by atoms with E-state index in [-0.39, 0.29) is 12.1 Å². The minimum absolute atomic E-state index is 0.0935. The van der Waals surface area contributed by atoms with Gasteiger partial charge in [-0.3, -0.25) is 14.6 Å². The monoisotopic (exact) mass is 451 g/mol. The van der Waals surface area contributed by atoms with Gasteiger partial charge < -0.3 is 10.2 Å². The maximum atomic E-state index is 13.6. The lowest BCUT2D eigenvalue weighted by atomic mass is 10.1. The molecule has 34 heavy (non-hydrogen) atoms. The van der Waals surface area contributed by atoms with Crippen LogP contribution in [0.25, 0.3) is 22.2 Å². The van der Waals surface area contributed by atoms with Crippen LogP contribution in [0.5, 0.6) is 0 Å². The lowest BCUT2D eigenvalue weighted by Crippen LogP contribution is -2.48. The number of benzene rings is 2. The van der Waals surface area contributed by atoms with E-state index in [1.165, 1.54) is 0 Å². The van der Waals surface area contributed by atoms with Gasteiger partial charge in [0, 0.05) is 50.0 Å². The second kappa shape index (κ2) is 7.98. The topological polar surface area (TPSA) is 78.6 Å². The van der Waals surface area contributed by atoms with Gasteiger partial charge in [0.15, 0.2) is 5.82 Å². The summed E-state index contributed by atoms with van der Waals surface area (Å²) in [6, 6.07) is 18.0. The molecular weight excluding hydrogens is 426 g/mol. The highest BCUT2D eigenvalue weighted by atomic mass is 16.2. The van der Waals surface area contributed by atoms with Crippen molar-refractivity contribution in [2.45, 2.75) is 12.5 Å². The van der Waals surface area contributed by atoms with E-state index in [4.69, 9.17) is 4.98 Å². The van der Waals surface area contributed by atoms with E-state index in [0.29, 0.717) is 5.82 Å². The fourth-order valence-electron chi connectivity index (χ4n) is 4.98. The smallest absolute Gasteiger partial charge is 0.327 e. The Labute approximate surface area is 197 Å². The van der Waals surface area contributed by atoms with Crippen molar-refractivity contribution in [3.8, 4) is 11.3 Å². The normalized spacial score (nSPS) is 16.9. The molecule has 4 heterocycles. The Hall–Kier alpha value is -4.20. The van der Waals surface area contributed by atoms with Crippen molar-refractivity contribution < 1.29 is 4.79 Å². The number of anilines is 3. The molecule has 6 rings (SSSR count). The molecule has 2 aliphatic heterocycles. The van der Waals surface area contributed by atoms with Crippen LogP contribution in [-0.2, 0) is 7.05 Å². The van der Waals surface area contributed by atoms with Gasteiger partial charge in [-0.2, -0.15) is 5.10 Å². The number of hydrogen-bond acceptors (Lipinski definition) is 5. The summed E-state index contributed by atoms with van der Waals surface area (Å²) in [4.78, 5) is 26.8. The molecule has 2 bridgehead atoms. The highest BCUT2D eigenvalue weighted by molar-refractivity contribution is 6.05. The first-order valence-corrected chi connectivity index (χ1v) is 11.4. The molecule has 170 valence electrons. The molecule has 1 N–H and O–H groups in total. The third-order valence-corrected chi connectivity index (χ3v) is 6.63. The fraction of sp³-hybridized carbons (Fsp3) is 0.231. The molecule has 1 atom stereocenters. The third-order valence-electron chi connectivity index (χ3n) is 6.63. The molecule has 0 unspecified atom stereocenters. The van der Waals surface area contributed by atoms with Gasteiger partial charge in [-0.05, 0) is 48.4 Å². The van der Waals surface area contributed by atoms with Crippen LogP contribution in [0.15, 0.2) is 65.8 Å². The summed E-state index contributed by atoms with van der Waals surface area (Å²) in [5, 5.41) is 8.38. The number of aromatic nitrogens is 3. The summed E-state index contributed by atoms with van der Waals surface area (Å²) in [6.45, 7) is 1.75. The van der Waals surface area contributed by atoms with E-state index in [2.05, 4.69) is 32.4 Å². The number of nitrogens with zero attached hydrogens (tertiary/aromatic N) is 6. The van der Waals surface area contributed by atoms with Crippen molar-refractivity contribution in [3.05, 3.63) is 66.4 Å². The van der Waals surface area contributed by atoms with Gasteiger partial charge >= 0.3 is 6.03 Å². The Kier molecular flexibility index (Phi) is 4.79. The van der Waals surface area contributed by atoms with Gasteiger partial charge in [-0.1, -0.05) is 18.2 Å². The van der Waals surface area contributed by atoms with Crippen molar-refractivity contribution in [1.29, 1.82) is 0 Å². The molecule has 8 nitrogen and oxygen atoms in total. The molecule has 2 aromatic heterocycles. The molecule has 1 saturated heterocycles. The average molecular weight is 452 g/mol. The van der Waals surface area contributed by atoms with E-state index < -0.39 is 0 Å². The maximum absolute atomic E-state index is 13.6. The van der Waals surface area contributed by atoms with Crippen LogP contribution in [0.3, 0.4) is 0 Å².